The van der Waals surface area contributed by atoms with Crippen molar-refractivity contribution >= 4 is 11.9 Å². The molecule has 1 aromatic carbocycles. The summed E-state index contributed by atoms with van der Waals surface area (Å²) in [6, 6.07) is 7.89. The maximum atomic E-state index is 11.7. The van der Waals surface area contributed by atoms with E-state index >= 15 is 0 Å². The van der Waals surface area contributed by atoms with Crippen LogP contribution in [0.25, 0.3) is 0 Å². The lowest BCUT2D eigenvalue weighted by atomic mass is 10.1. The largest absolute Gasteiger partial charge is 0.370 e. The van der Waals surface area contributed by atoms with Crippen molar-refractivity contribution in [1.29, 1.82) is 0 Å². The van der Waals surface area contributed by atoms with E-state index in [2.05, 4.69) is 29.7 Å². The number of nitrogens with one attached hydrogen (secondary N) is 2. The maximum Gasteiger partial charge on any atom is 0.315 e. The van der Waals surface area contributed by atoms with E-state index < -0.39 is 0 Å². The van der Waals surface area contributed by atoms with Gasteiger partial charge in [0.15, 0.2) is 0 Å². The van der Waals surface area contributed by atoms with Crippen LogP contribution in [0.5, 0.6) is 0 Å². The summed E-state index contributed by atoms with van der Waals surface area (Å²) in [5.41, 5.74) is 7.36. The molecule has 1 atom stereocenters. The summed E-state index contributed by atoms with van der Waals surface area (Å²) < 4.78 is 0. The molecule has 5 nitrogen and oxygen atoms in total. The first-order chi connectivity index (χ1) is 9.52. The van der Waals surface area contributed by atoms with Gasteiger partial charge in [-0.3, -0.25) is 4.79 Å². The molecule has 20 heavy (non-hydrogen) atoms. The minimum Gasteiger partial charge on any atom is -0.370 e. The average molecular weight is 277 g/mol. The van der Waals surface area contributed by atoms with E-state index in [1.54, 1.807) is 0 Å². The van der Waals surface area contributed by atoms with Gasteiger partial charge in [-0.15, -0.1) is 0 Å². The van der Waals surface area contributed by atoms with Crippen molar-refractivity contribution in [3.63, 3.8) is 0 Å². The van der Waals surface area contributed by atoms with Gasteiger partial charge in [0, 0.05) is 13.0 Å². The number of hydrogen-bond donors (Lipinski definition) is 3. The highest BCUT2D eigenvalue weighted by Gasteiger charge is 2.08. The van der Waals surface area contributed by atoms with E-state index in [0.717, 1.165) is 12.0 Å². The van der Waals surface area contributed by atoms with Gasteiger partial charge < -0.3 is 16.4 Å². The molecule has 5 heteroatoms. The Kier molecular flexibility index (Phi) is 6.56. The van der Waals surface area contributed by atoms with Gasteiger partial charge in [-0.25, -0.2) is 4.79 Å². The van der Waals surface area contributed by atoms with E-state index in [1.807, 2.05) is 19.1 Å². The van der Waals surface area contributed by atoms with Crippen LogP contribution < -0.4 is 16.4 Å². The minimum absolute atomic E-state index is 0.0583. The molecule has 0 aliphatic rings. The van der Waals surface area contributed by atoms with Gasteiger partial charge in [-0.1, -0.05) is 31.2 Å². The fourth-order valence-corrected chi connectivity index (χ4v) is 1.84. The smallest absolute Gasteiger partial charge is 0.315 e. The van der Waals surface area contributed by atoms with Gasteiger partial charge in [-0.2, -0.15) is 0 Å². The topological polar surface area (TPSA) is 84.2 Å². The quantitative estimate of drug-likeness (QED) is 0.665. The number of urea groups is 1. The van der Waals surface area contributed by atoms with E-state index in [1.165, 1.54) is 5.56 Å². The van der Waals surface area contributed by atoms with Crippen LogP contribution in [0.15, 0.2) is 24.3 Å². The fraction of sp³-hybridized carbons (Fsp3) is 0.467. The molecule has 3 amide bonds. The summed E-state index contributed by atoms with van der Waals surface area (Å²) in [5.74, 6) is -0.350. The second-order valence-electron chi connectivity index (χ2n) is 4.79. The third-order valence-electron chi connectivity index (χ3n) is 3.12. The van der Waals surface area contributed by atoms with Crippen LogP contribution in [-0.2, 0) is 11.2 Å². The summed E-state index contributed by atoms with van der Waals surface area (Å²) in [6.07, 6.45) is 1.85. The van der Waals surface area contributed by atoms with Crippen molar-refractivity contribution in [2.45, 2.75) is 39.2 Å². The molecule has 1 rings (SSSR count). The van der Waals surface area contributed by atoms with Crippen LogP contribution in [0.1, 0.15) is 43.9 Å². The third kappa shape index (κ3) is 5.73. The first-order valence-electron chi connectivity index (χ1n) is 6.94. The Morgan fingerprint density at radius 2 is 1.90 bits per heavy atom. The highest BCUT2D eigenvalue weighted by molar-refractivity contribution is 5.75. The SMILES string of the molecule is CCc1ccc(C(C)NC(=O)NCCCC(N)=O)cc1. The molecule has 1 aromatic rings. The second kappa shape index (κ2) is 8.19. The summed E-state index contributed by atoms with van der Waals surface area (Å²) in [6.45, 7) is 4.48. The van der Waals surface area contributed by atoms with Crippen LogP contribution in [0, 0.1) is 0 Å². The molecule has 1 unspecified atom stereocenters. The zero-order valence-electron chi connectivity index (χ0n) is 12.1. The molecular formula is C15H23N3O2. The van der Waals surface area contributed by atoms with Crippen molar-refractivity contribution in [1.82, 2.24) is 10.6 Å². The standard InChI is InChI=1S/C15H23N3O2/c1-3-12-6-8-13(9-7-12)11(2)18-15(20)17-10-4-5-14(16)19/h6-9,11H,3-5,10H2,1-2H3,(H2,16,19)(H2,17,18,20). The molecule has 0 saturated heterocycles. The Hall–Kier alpha value is -2.04. The molecular weight excluding hydrogens is 254 g/mol. The number of nitrogens with two attached hydrogens (primary N) is 1. The molecule has 0 aromatic heterocycles. The number of aryl methyl sites for hydroxylation is 1. The molecule has 0 fully saturated rings. The zero-order valence-corrected chi connectivity index (χ0v) is 12.1. The lowest BCUT2D eigenvalue weighted by Gasteiger charge is -2.15. The van der Waals surface area contributed by atoms with Crippen molar-refractivity contribution in [2.24, 2.45) is 5.73 Å². The van der Waals surface area contributed by atoms with Crippen molar-refractivity contribution in [3.8, 4) is 0 Å². The maximum absolute atomic E-state index is 11.7. The lowest BCUT2D eigenvalue weighted by Crippen LogP contribution is -2.37. The van der Waals surface area contributed by atoms with Crippen LogP contribution in [0.2, 0.25) is 0 Å². The van der Waals surface area contributed by atoms with Crippen LogP contribution >= 0.6 is 0 Å². The molecule has 0 heterocycles. The predicted molar refractivity (Wildman–Crippen MR) is 79.2 cm³/mol. The Morgan fingerprint density at radius 1 is 1.25 bits per heavy atom. The molecule has 0 aliphatic carbocycles. The summed E-state index contributed by atoms with van der Waals surface area (Å²) in [4.78, 5) is 22.2. The number of carbonyl (C=O) groups excluding carboxylic acids is 2. The predicted octanol–water partition coefficient (Wildman–Crippen LogP) is 1.87. The van der Waals surface area contributed by atoms with Crippen molar-refractivity contribution in [2.75, 3.05) is 6.54 Å². The molecule has 0 radical (unpaired) electrons. The van der Waals surface area contributed by atoms with Crippen LogP contribution in [0.3, 0.4) is 0 Å². The van der Waals surface area contributed by atoms with Gasteiger partial charge in [0.2, 0.25) is 5.91 Å². The number of benzene rings is 1. The summed E-state index contributed by atoms with van der Waals surface area (Å²) in [7, 11) is 0. The minimum atomic E-state index is -0.350. The summed E-state index contributed by atoms with van der Waals surface area (Å²) >= 11 is 0. The second-order valence-corrected chi connectivity index (χ2v) is 4.79. The number of hydrogen-bond acceptors (Lipinski definition) is 2. The van der Waals surface area contributed by atoms with Gasteiger partial charge in [-0.05, 0) is 30.9 Å². The van der Waals surface area contributed by atoms with E-state index in [9.17, 15) is 9.59 Å². The summed E-state index contributed by atoms with van der Waals surface area (Å²) in [5, 5.41) is 5.56. The Balaban J connectivity index is 2.34. The molecule has 0 saturated carbocycles. The highest BCUT2D eigenvalue weighted by atomic mass is 16.2. The van der Waals surface area contributed by atoms with Gasteiger partial charge in [0.25, 0.3) is 0 Å². The highest BCUT2D eigenvalue weighted by Crippen LogP contribution is 2.13. The van der Waals surface area contributed by atoms with Crippen molar-refractivity contribution < 1.29 is 9.59 Å². The monoisotopic (exact) mass is 277 g/mol. The Morgan fingerprint density at radius 3 is 2.45 bits per heavy atom. The normalized spacial score (nSPS) is 11.7. The van der Waals surface area contributed by atoms with Gasteiger partial charge in [0.1, 0.15) is 0 Å². The Labute approximate surface area is 119 Å². The van der Waals surface area contributed by atoms with Gasteiger partial charge in [0.05, 0.1) is 6.04 Å². The van der Waals surface area contributed by atoms with E-state index in [0.29, 0.717) is 13.0 Å². The molecule has 4 N–H and O–H groups in total. The fourth-order valence-electron chi connectivity index (χ4n) is 1.84. The molecule has 0 spiro atoms. The lowest BCUT2D eigenvalue weighted by molar-refractivity contribution is -0.118. The molecule has 0 bridgehead atoms. The van der Waals surface area contributed by atoms with Crippen LogP contribution in [-0.4, -0.2) is 18.5 Å². The zero-order chi connectivity index (χ0) is 15.0. The van der Waals surface area contributed by atoms with Crippen molar-refractivity contribution in [3.05, 3.63) is 35.4 Å². The first kappa shape index (κ1) is 16.0. The van der Waals surface area contributed by atoms with E-state index in [4.69, 9.17) is 5.73 Å². The van der Waals surface area contributed by atoms with E-state index in [-0.39, 0.29) is 24.4 Å². The first-order valence-corrected chi connectivity index (χ1v) is 6.94. The molecule has 0 aliphatic heterocycles. The number of rotatable bonds is 7. The van der Waals surface area contributed by atoms with Gasteiger partial charge >= 0.3 is 6.03 Å². The van der Waals surface area contributed by atoms with Crippen LogP contribution in [0.4, 0.5) is 4.79 Å². The number of carbonyl (C=O) groups is 2. The number of amides is 3. The third-order valence-corrected chi connectivity index (χ3v) is 3.12. The molecule has 110 valence electrons. The Bertz CT molecular complexity index is 443. The number of primary amides is 1. The average Bonchev–Trinajstić information content (AvgIpc) is 2.43.